The second-order valence-corrected chi connectivity index (χ2v) is 7.80. The summed E-state index contributed by atoms with van der Waals surface area (Å²) in [6, 6.07) is 0. The Hall–Kier alpha value is -1.77. The van der Waals surface area contributed by atoms with Gasteiger partial charge in [0.05, 0.1) is 13.1 Å². The van der Waals surface area contributed by atoms with E-state index >= 15 is 0 Å². The van der Waals surface area contributed by atoms with Crippen LogP contribution in [0.3, 0.4) is 0 Å². The number of likely N-dealkylation sites (tertiary alicyclic amines) is 1. The molecule has 2 heterocycles. The first-order valence-electron chi connectivity index (χ1n) is 8.20. The minimum atomic E-state index is -1.06. The number of fused-ring (bicyclic) bond motifs is 1. The van der Waals surface area contributed by atoms with Crippen LogP contribution in [0.25, 0.3) is 0 Å². The second kappa shape index (κ2) is 5.65. The number of hydrogen-bond donors (Lipinski definition) is 0. The van der Waals surface area contributed by atoms with Crippen LogP contribution in [-0.2, 0) is 23.6 Å². The quantitative estimate of drug-likeness (QED) is 0.642. The molecule has 3 aliphatic rings. The third-order valence-electron chi connectivity index (χ3n) is 4.62. The van der Waals surface area contributed by atoms with E-state index in [0.717, 1.165) is 6.42 Å². The molecule has 3 rings (SSSR count). The lowest BCUT2D eigenvalue weighted by Gasteiger charge is -2.33. The Morgan fingerprint density at radius 2 is 1.83 bits per heavy atom. The fourth-order valence-corrected chi connectivity index (χ4v) is 3.54. The van der Waals surface area contributed by atoms with Gasteiger partial charge in [-0.2, -0.15) is 0 Å². The molecule has 2 aliphatic heterocycles. The van der Waals surface area contributed by atoms with E-state index in [1.165, 1.54) is 4.90 Å². The highest BCUT2D eigenvalue weighted by molar-refractivity contribution is 6.55. The van der Waals surface area contributed by atoms with Gasteiger partial charge in [-0.15, -0.1) is 0 Å². The van der Waals surface area contributed by atoms with Gasteiger partial charge in [0, 0.05) is 6.54 Å². The van der Waals surface area contributed by atoms with Crippen molar-refractivity contribution in [2.24, 2.45) is 5.92 Å². The van der Waals surface area contributed by atoms with Crippen molar-refractivity contribution in [2.45, 2.75) is 44.7 Å². The first-order valence-corrected chi connectivity index (χ1v) is 8.20. The highest BCUT2D eigenvalue weighted by Gasteiger charge is 2.75. The molecule has 0 aromatic heterocycles. The smallest absolute Gasteiger partial charge is 0.497 e. The number of piperidine rings is 1. The van der Waals surface area contributed by atoms with Gasteiger partial charge < -0.3 is 18.9 Å². The minimum absolute atomic E-state index is 0.0127. The van der Waals surface area contributed by atoms with E-state index in [-0.39, 0.29) is 19.0 Å². The lowest BCUT2D eigenvalue weighted by Crippen LogP contribution is -2.57. The van der Waals surface area contributed by atoms with E-state index in [0.29, 0.717) is 13.0 Å². The maximum atomic E-state index is 12.5. The fraction of sp³-hybridized carbons (Fsp3) is 0.800. The Labute approximate surface area is 141 Å². The van der Waals surface area contributed by atoms with Crippen LogP contribution in [0.5, 0.6) is 0 Å². The van der Waals surface area contributed by atoms with E-state index < -0.39 is 36.2 Å². The Kier molecular flexibility index (Phi) is 4.02. The highest BCUT2D eigenvalue weighted by Crippen LogP contribution is 2.57. The molecule has 24 heavy (non-hydrogen) atoms. The number of ether oxygens (including phenoxy) is 1. The molecule has 0 radical (unpaired) electrons. The topological polar surface area (TPSA) is 85.4 Å². The summed E-state index contributed by atoms with van der Waals surface area (Å²) in [6.07, 6.45) is 0.965. The summed E-state index contributed by atoms with van der Waals surface area (Å²) in [7, 11) is 0.579. The molecular weight excluding hydrogens is 315 g/mol. The second-order valence-electron chi connectivity index (χ2n) is 7.80. The number of amides is 1. The van der Waals surface area contributed by atoms with E-state index in [2.05, 4.69) is 0 Å². The lowest BCUT2D eigenvalue weighted by atomic mass is 9.72. The van der Waals surface area contributed by atoms with Crippen LogP contribution in [0.4, 0.5) is 4.79 Å². The molecule has 2 atom stereocenters. The van der Waals surface area contributed by atoms with Gasteiger partial charge in [-0.1, -0.05) is 0 Å². The van der Waals surface area contributed by atoms with E-state index in [1.807, 2.05) is 0 Å². The normalized spacial score (nSPS) is 30.9. The van der Waals surface area contributed by atoms with Crippen molar-refractivity contribution in [1.29, 1.82) is 0 Å². The average Bonchev–Trinajstić information content (AvgIpc) is 3.00. The average molecular weight is 338 g/mol. The number of carbonyl (C=O) groups is 3. The summed E-state index contributed by atoms with van der Waals surface area (Å²) in [5.41, 5.74) is -1.40. The Morgan fingerprint density at radius 3 is 2.33 bits per heavy atom. The highest BCUT2D eigenvalue weighted by atomic mass is 16.6. The molecular formula is C15H23BN2O6. The molecule has 9 heteroatoms. The van der Waals surface area contributed by atoms with Gasteiger partial charge in [-0.3, -0.25) is 14.5 Å². The van der Waals surface area contributed by atoms with Crippen molar-refractivity contribution in [1.82, 2.24) is 9.80 Å². The largest absolute Gasteiger partial charge is 0.626 e. The number of rotatable bonds is 1. The van der Waals surface area contributed by atoms with E-state index in [1.54, 1.807) is 32.7 Å². The number of nitrogens with zero attached hydrogens (tertiary/aromatic N) is 2. The van der Waals surface area contributed by atoms with Gasteiger partial charge >= 0.3 is 25.2 Å². The van der Waals surface area contributed by atoms with Crippen molar-refractivity contribution in [2.75, 3.05) is 26.7 Å². The molecule has 1 saturated carbocycles. The van der Waals surface area contributed by atoms with Gasteiger partial charge in [-0.25, -0.2) is 4.79 Å². The zero-order valence-electron chi connectivity index (χ0n) is 14.5. The summed E-state index contributed by atoms with van der Waals surface area (Å²) in [4.78, 5) is 39.6. The first-order chi connectivity index (χ1) is 11.1. The Balaban J connectivity index is 1.80. The van der Waals surface area contributed by atoms with Gasteiger partial charge in [-0.05, 0) is 46.6 Å². The number of hydrogen-bond acceptors (Lipinski definition) is 7. The van der Waals surface area contributed by atoms with Gasteiger partial charge in [0.25, 0.3) is 0 Å². The van der Waals surface area contributed by atoms with Crippen molar-refractivity contribution >= 4 is 25.2 Å². The minimum Gasteiger partial charge on any atom is -0.497 e. The number of carbonyl (C=O) groups excluding carboxylic acids is 3. The van der Waals surface area contributed by atoms with Crippen LogP contribution in [0.2, 0.25) is 0 Å². The lowest BCUT2D eigenvalue weighted by molar-refractivity contribution is -0.146. The zero-order chi connectivity index (χ0) is 17.7. The van der Waals surface area contributed by atoms with Crippen LogP contribution in [0, 0.1) is 5.92 Å². The monoisotopic (exact) mass is 338 g/mol. The summed E-state index contributed by atoms with van der Waals surface area (Å²) >= 11 is 0. The molecule has 0 aromatic rings. The first kappa shape index (κ1) is 17.1. The van der Waals surface area contributed by atoms with Crippen LogP contribution in [0.15, 0.2) is 0 Å². The maximum Gasteiger partial charge on any atom is 0.626 e. The predicted molar refractivity (Wildman–Crippen MR) is 83.8 cm³/mol. The predicted octanol–water partition coefficient (Wildman–Crippen LogP) is 0.445. The maximum absolute atomic E-state index is 12.5. The molecule has 1 amide bonds. The Morgan fingerprint density at radius 1 is 1.25 bits per heavy atom. The standard InChI is InChI=1S/C15H23BN2O6/c1-14(2,3)22-13(21)18-6-5-10-7-15(10,18)16-23-11(19)8-17(4)9-12(20)24-16/h10H,5-9H2,1-4H3. The molecule has 0 bridgehead atoms. The van der Waals surface area contributed by atoms with Crippen molar-refractivity contribution < 1.29 is 28.4 Å². The van der Waals surface area contributed by atoms with Crippen molar-refractivity contribution in [3.8, 4) is 0 Å². The molecule has 2 unspecified atom stereocenters. The summed E-state index contributed by atoms with van der Waals surface area (Å²) in [5, 5.41) is 0. The van der Waals surface area contributed by atoms with Gasteiger partial charge in [0.2, 0.25) is 0 Å². The molecule has 3 fully saturated rings. The third-order valence-corrected chi connectivity index (χ3v) is 4.62. The zero-order valence-corrected chi connectivity index (χ0v) is 14.5. The van der Waals surface area contributed by atoms with Crippen LogP contribution in [0.1, 0.15) is 33.6 Å². The molecule has 8 nitrogen and oxygen atoms in total. The van der Waals surface area contributed by atoms with Crippen LogP contribution < -0.4 is 0 Å². The third kappa shape index (κ3) is 3.09. The molecule has 0 aromatic carbocycles. The van der Waals surface area contributed by atoms with E-state index in [9.17, 15) is 14.4 Å². The Bertz CT molecular complexity index is 557. The summed E-state index contributed by atoms with van der Waals surface area (Å²) in [6.45, 7) is 5.92. The van der Waals surface area contributed by atoms with Crippen LogP contribution >= 0.6 is 0 Å². The molecule has 0 N–H and O–H groups in total. The summed E-state index contributed by atoms with van der Waals surface area (Å²) < 4.78 is 16.3. The van der Waals surface area contributed by atoms with E-state index in [4.69, 9.17) is 14.0 Å². The number of likely N-dealkylation sites (N-methyl/N-ethyl adjacent to an activating group) is 1. The molecule has 2 saturated heterocycles. The van der Waals surface area contributed by atoms with Gasteiger partial charge in [0.1, 0.15) is 11.0 Å². The van der Waals surface area contributed by atoms with Crippen molar-refractivity contribution in [3.05, 3.63) is 0 Å². The summed E-state index contributed by atoms with van der Waals surface area (Å²) in [5.74, 6) is -0.773. The fourth-order valence-electron chi connectivity index (χ4n) is 3.54. The van der Waals surface area contributed by atoms with Crippen molar-refractivity contribution in [3.63, 3.8) is 0 Å². The molecule has 132 valence electrons. The SMILES string of the molecule is CN1CC(=O)OB(C23CC2CCN3C(=O)OC(C)(C)C)OC(=O)C1. The molecule has 0 spiro atoms. The van der Waals surface area contributed by atoms with Crippen LogP contribution in [-0.4, -0.2) is 72.7 Å². The van der Waals surface area contributed by atoms with Gasteiger partial charge in [0.15, 0.2) is 0 Å². The molecule has 1 aliphatic carbocycles.